The topological polar surface area (TPSA) is 81.9 Å². The highest BCUT2D eigenvalue weighted by atomic mass is 32.1. The Hall–Kier alpha value is -1.76. The van der Waals surface area contributed by atoms with Gasteiger partial charge in [-0.1, -0.05) is 11.3 Å². The molecule has 1 aromatic heterocycles. The van der Waals surface area contributed by atoms with Gasteiger partial charge in [0, 0.05) is 12.1 Å². The first kappa shape index (κ1) is 16.6. The maximum absolute atomic E-state index is 12.3. The first-order valence-corrected chi connectivity index (χ1v) is 8.15. The van der Waals surface area contributed by atoms with Gasteiger partial charge in [0.15, 0.2) is 0 Å². The summed E-state index contributed by atoms with van der Waals surface area (Å²) in [6, 6.07) is 0. The number of amides is 1. The number of rotatable bonds is 2. The predicted octanol–water partition coefficient (Wildman–Crippen LogP) is 3.19. The Labute approximate surface area is 134 Å². The molecule has 7 heteroatoms. The lowest BCUT2D eigenvalue weighted by Gasteiger charge is -2.29. The normalized spacial score (nSPS) is 14.5. The fourth-order valence-electron chi connectivity index (χ4n) is 2.36. The van der Waals surface area contributed by atoms with Crippen molar-refractivity contribution in [3.8, 4) is 0 Å². The second-order valence-corrected chi connectivity index (χ2v) is 7.11. The van der Waals surface area contributed by atoms with Gasteiger partial charge in [0.05, 0.1) is 12.2 Å². The van der Waals surface area contributed by atoms with Gasteiger partial charge in [-0.15, -0.1) is 0 Å². The molecule has 0 aromatic carbocycles. The lowest BCUT2D eigenvalue weighted by molar-refractivity contribution is 0.0522. The van der Waals surface area contributed by atoms with Crippen LogP contribution in [0, 0.1) is 0 Å². The molecule has 122 valence electrons. The molecule has 1 amide bonds. The first-order chi connectivity index (χ1) is 10.2. The number of nitrogen functional groups attached to an aromatic ring is 1. The van der Waals surface area contributed by atoms with Crippen LogP contribution in [0.3, 0.4) is 0 Å². The average Bonchev–Trinajstić information content (AvgIpc) is 2.72. The van der Waals surface area contributed by atoms with Gasteiger partial charge >= 0.3 is 12.1 Å². The van der Waals surface area contributed by atoms with Crippen LogP contribution in [0.5, 0.6) is 0 Å². The van der Waals surface area contributed by atoms with E-state index in [1.165, 1.54) is 11.3 Å². The number of thiophene rings is 1. The molecule has 0 atom stereocenters. The number of anilines is 2. The molecular formula is C15H22N2O4S. The lowest BCUT2D eigenvalue weighted by atomic mass is 10.0. The number of carbonyl (C=O) groups is 2. The molecule has 0 saturated carbocycles. The van der Waals surface area contributed by atoms with Crippen LogP contribution in [0.4, 0.5) is 14.8 Å². The van der Waals surface area contributed by atoms with Crippen LogP contribution < -0.4 is 10.6 Å². The Morgan fingerprint density at radius 1 is 1.36 bits per heavy atom. The monoisotopic (exact) mass is 326 g/mol. The van der Waals surface area contributed by atoms with E-state index >= 15 is 0 Å². The minimum Gasteiger partial charge on any atom is -0.462 e. The molecule has 1 aromatic rings. The van der Waals surface area contributed by atoms with Crippen LogP contribution in [0.1, 0.15) is 50.0 Å². The zero-order valence-corrected chi connectivity index (χ0v) is 14.2. The summed E-state index contributed by atoms with van der Waals surface area (Å²) in [5, 5.41) is 1.08. The minimum absolute atomic E-state index is 0.290. The van der Waals surface area contributed by atoms with Gasteiger partial charge in [-0.05, 0) is 40.5 Å². The minimum atomic E-state index is -0.568. The summed E-state index contributed by atoms with van der Waals surface area (Å²) in [6.07, 6.45) is 1.05. The van der Waals surface area contributed by atoms with Crippen LogP contribution >= 0.6 is 11.3 Å². The molecule has 0 bridgehead atoms. The van der Waals surface area contributed by atoms with E-state index in [1.807, 2.05) is 20.8 Å². The van der Waals surface area contributed by atoms with Crippen LogP contribution in [-0.2, 0) is 15.9 Å². The molecule has 1 aliphatic heterocycles. The molecule has 0 radical (unpaired) electrons. The standard InChI is InChI=1S/C15H22N2O4S/c1-5-20-13(18)10-9-7-6-8-17(12(9)22-11(10)16)14(19)21-15(2,3)4/h5-8,16H2,1-4H3. The first-order valence-electron chi connectivity index (χ1n) is 7.33. The fraction of sp³-hybridized carbons (Fsp3) is 0.600. The maximum atomic E-state index is 12.3. The van der Waals surface area contributed by atoms with Crippen LogP contribution in [-0.4, -0.2) is 30.8 Å². The molecule has 6 nitrogen and oxygen atoms in total. The van der Waals surface area contributed by atoms with Gasteiger partial charge < -0.3 is 15.2 Å². The van der Waals surface area contributed by atoms with E-state index in [0.29, 0.717) is 35.1 Å². The summed E-state index contributed by atoms with van der Waals surface area (Å²) in [5.41, 5.74) is 6.60. The molecule has 0 unspecified atom stereocenters. The van der Waals surface area contributed by atoms with Crippen molar-refractivity contribution in [2.75, 3.05) is 23.8 Å². The van der Waals surface area contributed by atoms with Crippen molar-refractivity contribution in [2.45, 2.75) is 46.1 Å². The molecule has 0 fully saturated rings. The molecule has 1 aliphatic rings. The summed E-state index contributed by atoms with van der Waals surface area (Å²) in [6.45, 7) is 8.07. The lowest BCUT2D eigenvalue weighted by Crippen LogP contribution is -2.39. The number of hydrogen-bond acceptors (Lipinski definition) is 6. The van der Waals surface area contributed by atoms with E-state index in [-0.39, 0.29) is 0 Å². The Bertz CT molecular complexity index is 589. The van der Waals surface area contributed by atoms with Gasteiger partial charge in [-0.2, -0.15) is 0 Å². The summed E-state index contributed by atoms with van der Waals surface area (Å²) < 4.78 is 10.5. The number of esters is 1. The summed E-state index contributed by atoms with van der Waals surface area (Å²) >= 11 is 1.24. The molecule has 0 saturated heterocycles. The molecule has 22 heavy (non-hydrogen) atoms. The molecule has 2 N–H and O–H groups in total. The molecule has 2 heterocycles. The zero-order valence-electron chi connectivity index (χ0n) is 13.4. The number of nitrogens with zero attached hydrogens (tertiary/aromatic N) is 1. The van der Waals surface area contributed by atoms with Crippen LogP contribution in [0.25, 0.3) is 0 Å². The van der Waals surface area contributed by atoms with Crippen molar-refractivity contribution in [1.29, 1.82) is 0 Å². The van der Waals surface area contributed by atoms with Crippen molar-refractivity contribution in [1.82, 2.24) is 0 Å². The highest BCUT2D eigenvalue weighted by Gasteiger charge is 2.33. The largest absolute Gasteiger partial charge is 0.462 e. The van der Waals surface area contributed by atoms with Crippen LogP contribution in [0.15, 0.2) is 0 Å². The number of carbonyl (C=O) groups excluding carboxylic acids is 2. The average molecular weight is 326 g/mol. The molecular weight excluding hydrogens is 304 g/mol. The van der Waals surface area contributed by atoms with Crippen molar-refractivity contribution in [3.63, 3.8) is 0 Å². The van der Waals surface area contributed by atoms with E-state index in [9.17, 15) is 9.59 Å². The number of nitrogens with two attached hydrogens (primary N) is 1. The van der Waals surface area contributed by atoms with Gasteiger partial charge in [0.1, 0.15) is 15.6 Å². The van der Waals surface area contributed by atoms with Crippen molar-refractivity contribution >= 4 is 33.4 Å². The smallest absolute Gasteiger partial charge is 0.415 e. The number of ether oxygens (including phenoxy) is 2. The van der Waals surface area contributed by atoms with E-state index in [0.717, 1.165) is 12.0 Å². The summed E-state index contributed by atoms with van der Waals surface area (Å²) in [5.74, 6) is -0.427. The summed E-state index contributed by atoms with van der Waals surface area (Å²) in [7, 11) is 0. The highest BCUT2D eigenvalue weighted by molar-refractivity contribution is 7.20. The van der Waals surface area contributed by atoms with Crippen molar-refractivity contribution in [2.24, 2.45) is 0 Å². The Kier molecular flexibility index (Phi) is 4.65. The van der Waals surface area contributed by atoms with Crippen LogP contribution in [0.2, 0.25) is 0 Å². The number of fused-ring (bicyclic) bond motifs is 1. The van der Waals surface area contributed by atoms with Crippen molar-refractivity contribution < 1.29 is 19.1 Å². The Balaban J connectivity index is 2.34. The van der Waals surface area contributed by atoms with Crippen molar-refractivity contribution in [3.05, 3.63) is 11.1 Å². The van der Waals surface area contributed by atoms with Gasteiger partial charge in [0.2, 0.25) is 0 Å². The van der Waals surface area contributed by atoms with Gasteiger partial charge in [-0.3, -0.25) is 4.90 Å². The number of hydrogen-bond donors (Lipinski definition) is 1. The third kappa shape index (κ3) is 3.35. The quantitative estimate of drug-likeness (QED) is 0.844. The van der Waals surface area contributed by atoms with E-state index in [1.54, 1.807) is 11.8 Å². The van der Waals surface area contributed by atoms with E-state index in [2.05, 4.69) is 0 Å². The SMILES string of the molecule is CCOC(=O)c1c(N)sc2c1CCCN2C(=O)OC(C)(C)C. The van der Waals surface area contributed by atoms with E-state index in [4.69, 9.17) is 15.2 Å². The van der Waals surface area contributed by atoms with E-state index < -0.39 is 17.7 Å². The summed E-state index contributed by atoms with van der Waals surface area (Å²) in [4.78, 5) is 26.0. The predicted molar refractivity (Wildman–Crippen MR) is 86.6 cm³/mol. The Morgan fingerprint density at radius 3 is 2.64 bits per heavy atom. The fourth-order valence-corrected chi connectivity index (χ4v) is 3.48. The maximum Gasteiger partial charge on any atom is 0.415 e. The molecule has 0 spiro atoms. The molecule has 2 rings (SSSR count). The van der Waals surface area contributed by atoms with Gasteiger partial charge in [0.25, 0.3) is 0 Å². The second kappa shape index (κ2) is 6.16. The Morgan fingerprint density at radius 2 is 2.05 bits per heavy atom. The second-order valence-electron chi connectivity index (χ2n) is 6.08. The zero-order chi connectivity index (χ0) is 16.5. The molecule has 0 aliphatic carbocycles. The third-order valence-electron chi connectivity index (χ3n) is 3.16. The highest BCUT2D eigenvalue weighted by Crippen LogP contribution is 2.42. The third-order valence-corrected chi connectivity index (χ3v) is 4.24. The van der Waals surface area contributed by atoms with Gasteiger partial charge in [-0.25, -0.2) is 9.59 Å².